The van der Waals surface area contributed by atoms with E-state index in [-0.39, 0.29) is 6.32 Å². The van der Waals surface area contributed by atoms with Crippen LogP contribution < -0.4 is 5.32 Å². The number of morpholine rings is 1. The van der Waals surface area contributed by atoms with E-state index in [1.54, 1.807) is 50.4 Å². The van der Waals surface area contributed by atoms with Crippen LogP contribution in [0.25, 0.3) is 11.3 Å². The van der Waals surface area contributed by atoms with E-state index in [9.17, 15) is 13.2 Å². The Bertz CT molecular complexity index is 934. The van der Waals surface area contributed by atoms with Gasteiger partial charge in [0.1, 0.15) is 5.60 Å². The average molecular weight is 458 g/mol. The number of rotatable bonds is 4. The van der Waals surface area contributed by atoms with Crippen molar-refractivity contribution in [1.29, 1.82) is 0 Å². The van der Waals surface area contributed by atoms with Crippen molar-refractivity contribution in [1.82, 2.24) is 9.29 Å². The lowest BCUT2D eigenvalue weighted by Gasteiger charge is -2.26. The Hall–Kier alpha value is -2.01. The third-order valence-corrected chi connectivity index (χ3v) is 6.54. The molecule has 0 unspecified atom stereocenters. The number of nitrogens with one attached hydrogen (secondary N) is 1. The van der Waals surface area contributed by atoms with Gasteiger partial charge in [-0.25, -0.2) is 18.2 Å². The molecule has 0 atom stereocenters. The summed E-state index contributed by atoms with van der Waals surface area (Å²) < 4.78 is 37.2. The molecule has 0 radical (unpaired) electrons. The van der Waals surface area contributed by atoms with E-state index in [1.165, 1.54) is 15.6 Å². The summed E-state index contributed by atoms with van der Waals surface area (Å²) in [6.07, 6.45) is -0.569. The molecule has 1 N–H and O–H groups in total. The molecule has 0 spiro atoms. The minimum Gasteiger partial charge on any atom is -0.444 e. The number of ether oxygens (including phenoxy) is 2. The van der Waals surface area contributed by atoms with Gasteiger partial charge in [-0.15, -0.1) is 11.3 Å². The molecular formula is C20H31N3O5S2. The van der Waals surface area contributed by atoms with E-state index in [0.717, 1.165) is 5.56 Å². The first-order chi connectivity index (χ1) is 14.1. The van der Waals surface area contributed by atoms with Gasteiger partial charge in [-0.3, -0.25) is 5.32 Å². The van der Waals surface area contributed by atoms with E-state index in [2.05, 4.69) is 10.3 Å². The largest absolute Gasteiger partial charge is 0.444 e. The summed E-state index contributed by atoms with van der Waals surface area (Å²) in [6.45, 7) is 10.9. The van der Waals surface area contributed by atoms with Crippen molar-refractivity contribution >= 4 is 32.6 Å². The zero-order chi connectivity index (χ0) is 22.4. The fourth-order valence-electron chi connectivity index (χ4n) is 2.59. The first-order valence-corrected chi connectivity index (χ1v) is 12.1. The van der Waals surface area contributed by atoms with Crippen LogP contribution in [0.4, 0.5) is 9.93 Å². The molecule has 2 heterocycles. The summed E-state index contributed by atoms with van der Waals surface area (Å²) in [6, 6.07) is 6.56. The Morgan fingerprint density at radius 1 is 1.20 bits per heavy atom. The van der Waals surface area contributed by atoms with Gasteiger partial charge >= 0.3 is 6.09 Å². The molecule has 0 saturated carbocycles. The molecule has 1 aliphatic rings. The highest BCUT2D eigenvalue weighted by atomic mass is 32.2. The van der Waals surface area contributed by atoms with Crippen LogP contribution in [-0.4, -0.2) is 55.7 Å². The fraction of sp³-hybridized carbons (Fsp3) is 0.500. The van der Waals surface area contributed by atoms with Crippen LogP contribution in [0.3, 0.4) is 0 Å². The number of carbonyl (C=O) groups is 1. The fourth-order valence-corrected chi connectivity index (χ4v) is 4.70. The number of nitrogens with zero attached hydrogens (tertiary/aromatic N) is 2. The Kier molecular flexibility index (Phi) is 8.36. The van der Waals surface area contributed by atoms with Crippen molar-refractivity contribution in [3.05, 3.63) is 29.6 Å². The van der Waals surface area contributed by atoms with Crippen LogP contribution in [-0.2, 0) is 19.5 Å². The molecule has 10 heteroatoms. The smallest absolute Gasteiger partial charge is 0.413 e. The standard InChI is InChI=1S/C18H23N3O5S2.C2H6.H2/c1-18(2,3)26-17(22)20-16-19-15(12-27-16)13-4-6-14(7-5-13)28(23,24)21-8-10-25-11-9-21;1-2;/h4-7,12H,8-11H2,1-3H3,(H,19,20,22);1-2H3;1H. The van der Waals surface area contributed by atoms with Gasteiger partial charge < -0.3 is 9.47 Å². The van der Waals surface area contributed by atoms with Crippen LogP contribution in [0.5, 0.6) is 0 Å². The number of carbonyl (C=O) groups excluding carboxylic acids is 1. The molecule has 2 aromatic rings. The molecule has 0 aliphatic carbocycles. The maximum Gasteiger partial charge on any atom is 0.413 e. The lowest BCUT2D eigenvalue weighted by atomic mass is 10.2. The zero-order valence-corrected chi connectivity index (χ0v) is 19.6. The number of amides is 1. The van der Waals surface area contributed by atoms with Crippen molar-refractivity contribution in [2.45, 2.75) is 45.1 Å². The van der Waals surface area contributed by atoms with Gasteiger partial charge in [-0.2, -0.15) is 4.31 Å². The molecule has 1 aromatic heterocycles. The second kappa shape index (κ2) is 10.3. The van der Waals surface area contributed by atoms with Gasteiger partial charge in [-0.1, -0.05) is 26.0 Å². The van der Waals surface area contributed by atoms with Crippen molar-refractivity contribution in [2.24, 2.45) is 0 Å². The van der Waals surface area contributed by atoms with Gasteiger partial charge in [0.25, 0.3) is 0 Å². The van der Waals surface area contributed by atoms with Crippen LogP contribution in [0.1, 0.15) is 36.0 Å². The summed E-state index contributed by atoms with van der Waals surface area (Å²) in [4.78, 5) is 16.4. The highest BCUT2D eigenvalue weighted by Gasteiger charge is 2.26. The number of benzene rings is 1. The number of anilines is 1. The van der Waals surface area contributed by atoms with Crippen molar-refractivity contribution in [3.8, 4) is 11.3 Å². The molecule has 0 bridgehead atoms. The lowest BCUT2D eigenvalue weighted by Crippen LogP contribution is -2.40. The molecular weight excluding hydrogens is 426 g/mol. The maximum absolute atomic E-state index is 12.7. The third-order valence-electron chi connectivity index (χ3n) is 3.87. The topological polar surface area (TPSA) is 97.8 Å². The average Bonchev–Trinajstić information content (AvgIpc) is 3.17. The van der Waals surface area contributed by atoms with Crippen LogP contribution in [0, 0.1) is 0 Å². The van der Waals surface area contributed by atoms with Gasteiger partial charge in [0.2, 0.25) is 10.0 Å². The van der Waals surface area contributed by atoms with Crippen LogP contribution in [0.15, 0.2) is 34.5 Å². The molecule has 1 fully saturated rings. The molecule has 1 amide bonds. The minimum absolute atomic E-state index is 0. The second-order valence-corrected chi connectivity index (χ2v) is 10.0. The normalized spacial score (nSPS) is 15.1. The van der Waals surface area contributed by atoms with E-state index in [0.29, 0.717) is 37.1 Å². The number of hydrogen-bond donors (Lipinski definition) is 1. The summed E-state index contributed by atoms with van der Waals surface area (Å²) >= 11 is 1.27. The quantitative estimate of drug-likeness (QED) is 0.728. The van der Waals surface area contributed by atoms with E-state index < -0.39 is 21.7 Å². The van der Waals surface area contributed by atoms with Crippen molar-refractivity contribution in [3.63, 3.8) is 0 Å². The Morgan fingerprint density at radius 2 is 1.80 bits per heavy atom. The molecule has 1 aromatic carbocycles. The van der Waals surface area contributed by atoms with Crippen LogP contribution in [0.2, 0.25) is 0 Å². The first-order valence-electron chi connectivity index (χ1n) is 9.79. The predicted octanol–water partition coefficient (Wildman–Crippen LogP) is 4.45. The summed E-state index contributed by atoms with van der Waals surface area (Å²) in [5.74, 6) is 0. The molecule has 1 aliphatic heterocycles. The summed E-state index contributed by atoms with van der Waals surface area (Å²) in [5.41, 5.74) is 0.812. The molecule has 168 valence electrons. The van der Waals surface area contributed by atoms with Gasteiger partial charge in [0.05, 0.1) is 23.8 Å². The summed E-state index contributed by atoms with van der Waals surface area (Å²) in [5, 5.41) is 4.80. The third kappa shape index (κ3) is 6.49. The highest BCUT2D eigenvalue weighted by molar-refractivity contribution is 7.89. The SMILES string of the molecule is CC.CC(C)(C)OC(=O)Nc1nc(-c2ccc(S(=O)(=O)N3CCOCC3)cc2)cs1.[HH]. The van der Waals surface area contributed by atoms with Gasteiger partial charge in [0, 0.05) is 25.5 Å². The highest BCUT2D eigenvalue weighted by Crippen LogP contribution is 2.27. The van der Waals surface area contributed by atoms with Gasteiger partial charge in [-0.05, 0) is 32.9 Å². The van der Waals surface area contributed by atoms with E-state index in [1.807, 2.05) is 13.8 Å². The number of hydrogen-bond acceptors (Lipinski definition) is 7. The molecule has 1 saturated heterocycles. The number of sulfonamides is 1. The number of aromatic nitrogens is 1. The minimum atomic E-state index is -3.53. The monoisotopic (exact) mass is 457 g/mol. The van der Waals surface area contributed by atoms with Crippen LogP contribution >= 0.6 is 11.3 Å². The predicted molar refractivity (Wildman–Crippen MR) is 120 cm³/mol. The second-order valence-electron chi connectivity index (χ2n) is 7.21. The van der Waals surface area contributed by atoms with Crippen molar-refractivity contribution < 1.29 is 24.1 Å². The van der Waals surface area contributed by atoms with E-state index >= 15 is 0 Å². The van der Waals surface area contributed by atoms with Gasteiger partial charge in [0.15, 0.2) is 5.13 Å². The zero-order valence-electron chi connectivity index (χ0n) is 18.0. The Balaban J connectivity index is 0.00000156. The number of thiazole rings is 1. The Labute approximate surface area is 183 Å². The Morgan fingerprint density at radius 3 is 2.37 bits per heavy atom. The molecule has 3 rings (SSSR count). The lowest BCUT2D eigenvalue weighted by molar-refractivity contribution is 0.0636. The first kappa shape index (κ1) is 24.3. The van der Waals surface area contributed by atoms with E-state index in [4.69, 9.17) is 9.47 Å². The molecule has 8 nitrogen and oxygen atoms in total. The molecule has 30 heavy (non-hydrogen) atoms. The summed E-state index contributed by atoms with van der Waals surface area (Å²) in [7, 11) is -3.53. The van der Waals surface area contributed by atoms with Crippen molar-refractivity contribution in [2.75, 3.05) is 31.6 Å². The maximum atomic E-state index is 12.7.